The lowest BCUT2D eigenvalue weighted by atomic mass is 9.96. The zero-order chi connectivity index (χ0) is 16.4. The molecule has 0 fully saturated rings. The first kappa shape index (κ1) is 17.3. The highest BCUT2D eigenvalue weighted by Crippen LogP contribution is 2.30. The maximum atomic E-state index is 11.8. The van der Waals surface area contributed by atoms with Crippen molar-refractivity contribution in [2.45, 2.75) is 27.7 Å². The Morgan fingerprint density at radius 1 is 1.38 bits per heavy atom. The van der Waals surface area contributed by atoms with Crippen molar-refractivity contribution in [2.75, 3.05) is 5.32 Å². The Morgan fingerprint density at radius 3 is 2.43 bits per heavy atom. The molecule has 0 atom stereocenters. The van der Waals surface area contributed by atoms with Gasteiger partial charge < -0.3 is 10.6 Å². The van der Waals surface area contributed by atoms with Gasteiger partial charge in [-0.3, -0.25) is 14.9 Å². The Morgan fingerprint density at radius 2 is 1.95 bits per heavy atom. The number of hydrogen-bond acceptors (Lipinski definition) is 4. The number of nitrogens with zero attached hydrogens (tertiary/aromatic N) is 1. The first-order valence-corrected chi connectivity index (χ1v) is 6.88. The van der Waals surface area contributed by atoms with E-state index in [4.69, 9.17) is 23.8 Å². The van der Waals surface area contributed by atoms with Crippen molar-refractivity contribution in [3.05, 3.63) is 32.8 Å². The number of rotatable bonds is 2. The van der Waals surface area contributed by atoms with Gasteiger partial charge in [-0.05, 0) is 30.8 Å². The zero-order valence-electron chi connectivity index (χ0n) is 12.1. The summed E-state index contributed by atoms with van der Waals surface area (Å²) in [5.41, 5.74) is 0.348. The fourth-order valence-corrected chi connectivity index (χ4v) is 1.82. The van der Waals surface area contributed by atoms with Crippen molar-refractivity contribution in [1.29, 1.82) is 0 Å². The zero-order valence-corrected chi connectivity index (χ0v) is 13.7. The van der Waals surface area contributed by atoms with Crippen molar-refractivity contribution in [3.63, 3.8) is 0 Å². The molecule has 0 unspecified atom stereocenters. The van der Waals surface area contributed by atoms with Crippen LogP contribution in [0.15, 0.2) is 12.1 Å². The van der Waals surface area contributed by atoms with Crippen LogP contribution in [-0.4, -0.2) is 15.9 Å². The van der Waals surface area contributed by atoms with Crippen LogP contribution in [0.4, 0.5) is 11.4 Å². The van der Waals surface area contributed by atoms with Crippen LogP contribution in [0.1, 0.15) is 26.3 Å². The van der Waals surface area contributed by atoms with E-state index >= 15 is 0 Å². The Balaban J connectivity index is 2.89. The van der Waals surface area contributed by atoms with Crippen LogP contribution in [-0.2, 0) is 4.79 Å². The molecule has 1 aromatic carbocycles. The molecule has 21 heavy (non-hydrogen) atoms. The third kappa shape index (κ3) is 4.64. The molecule has 0 bridgehead atoms. The van der Waals surface area contributed by atoms with Gasteiger partial charge in [0.25, 0.3) is 5.69 Å². The molecule has 114 valence electrons. The van der Waals surface area contributed by atoms with Crippen molar-refractivity contribution in [1.82, 2.24) is 5.32 Å². The van der Waals surface area contributed by atoms with Gasteiger partial charge in [0.05, 0.1) is 4.92 Å². The van der Waals surface area contributed by atoms with E-state index in [0.717, 1.165) is 0 Å². The first-order chi connectivity index (χ1) is 9.52. The van der Waals surface area contributed by atoms with E-state index in [0.29, 0.717) is 11.3 Å². The summed E-state index contributed by atoms with van der Waals surface area (Å²) >= 11 is 10.9. The normalized spacial score (nSPS) is 10.9. The van der Waals surface area contributed by atoms with Gasteiger partial charge in [-0.15, -0.1) is 0 Å². The minimum Gasteiger partial charge on any atom is -0.332 e. The molecule has 0 heterocycles. The predicted octanol–water partition coefficient (Wildman–Crippen LogP) is 3.42. The summed E-state index contributed by atoms with van der Waals surface area (Å²) < 4.78 is 0. The van der Waals surface area contributed by atoms with Crippen molar-refractivity contribution in [2.24, 2.45) is 5.41 Å². The summed E-state index contributed by atoms with van der Waals surface area (Å²) in [7, 11) is 0. The second-order valence-corrected chi connectivity index (χ2v) is 6.35. The van der Waals surface area contributed by atoms with Crippen LogP contribution >= 0.6 is 23.8 Å². The number of benzene rings is 1. The molecule has 0 aliphatic carbocycles. The van der Waals surface area contributed by atoms with E-state index in [1.165, 1.54) is 12.1 Å². The number of nitro groups is 1. The van der Waals surface area contributed by atoms with Gasteiger partial charge in [-0.25, -0.2) is 0 Å². The Kier molecular flexibility index (Phi) is 5.25. The summed E-state index contributed by atoms with van der Waals surface area (Å²) in [5, 5.41) is 16.3. The van der Waals surface area contributed by atoms with Gasteiger partial charge in [0.15, 0.2) is 5.11 Å². The van der Waals surface area contributed by atoms with Gasteiger partial charge >= 0.3 is 0 Å². The number of anilines is 1. The highest BCUT2D eigenvalue weighted by atomic mass is 35.5. The largest absolute Gasteiger partial charge is 0.332 e. The SMILES string of the molecule is Cc1cc([N+](=O)[O-])c(Cl)cc1NC(=S)NC(=O)C(C)(C)C. The molecule has 0 aliphatic rings. The van der Waals surface area contributed by atoms with Gasteiger partial charge in [0.1, 0.15) is 5.02 Å². The third-order valence-corrected chi connectivity index (χ3v) is 3.15. The molecular formula is C13H16ClN3O3S. The lowest BCUT2D eigenvalue weighted by Gasteiger charge is -2.19. The van der Waals surface area contributed by atoms with E-state index in [9.17, 15) is 14.9 Å². The standard InChI is InChI=1S/C13H16ClN3O3S/c1-7-5-10(17(19)20)8(14)6-9(7)15-12(21)16-11(18)13(2,3)4/h5-6H,1-4H3,(H2,15,16,18,21). The molecular weight excluding hydrogens is 314 g/mol. The molecule has 0 spiro atoms. The Labute approximate surface area is 133 Å². The molecule has 6 nitrogen and oxygen atoms in total. The second-order valence-electron chi connectivity index (χ2n) is 5.53. The summed E-state index contributed by atoms with van der Waals surface area (Å²) in [4.78, 5) is 22.0. The number of nitro benzene ring substituents is 1. The van der Waals surface area contributed by atoms with Gasteiger partial charge in [0.2, 0.25) is 5.91 Å². The number of carbonyl (C=O) groups excluding carboxylic acids is 1. The molecule has 2 N–H and O–H groups in total. The maximum absolute atomic E-state index is 11.8. The third-order valence-electron chi connectivity index (χ3n) is 2.65. The fraction of sp³-hybridized carbons (Fsp3) is 0.385. The van der Waals surface area contributed by atoms with Crippen molar-refractivity contribution < 1.29 is 9.72 Å². The highest BCUT2D eigenvalue weighted by molar-refractivity contribution is 7.80. The molecule has 1 aromatic rings. The molecule has 1 rings (SSSR count). The summed E-state index contributed by atoms with van der Waals surface area (Å²) in [6.07, 6.45) is 0. The number of amides is 1. The van der Waals surface area contributed by atoms with Crippen LogP contribution in [0.25, 0.3) is 0 Å². The van der Waals surface area contributed by atoms with E-state index in [2.05, 4.69) is 10.6 Å². The smallest absolute Gasteiger partial charge is 0.288 e. The van der Waals surface area contributed by atoms with E-state index in [1.807, 2.05) is 0 Å². The van der Waals surface area contributed by atoms with Crippen LogP contribution in [0.5, 0.6) is 0 Å². The highest BCUT2D eigenvalue weighted by Gasteiger charge is 2.22. The van der Waals surface area contributed by atoms with Gasteiger partial charge in [-0.1, -0.05) is 32.4 Å². The monoisotopic (exact) mass is 329 g/mol. The number of hydrogen-bond donors (Lipinski definition) is 2. The van der Waals surface area contributed by atoms with Gasteiger partial charge in [0, 0.05) is 17.2 Å². The van der Waals surface area contributed by atoms with Crippen LogP contribution in [0.3, 0.4) is 0 Å². The lowest BCUT2D eigenvalue weighted by molar-refractivity contribution is -0.384. The average molecular weight is 330 g/mol. The molecule has 0 saturated heterocycles. The quantitative estimate of drug-likeness (QED) is 0.493. The number of thiocarbonyl (C=S) groups is 1. The predicted molar refractivity (Wildman–Crippen MR) is 86.7 cm³/mol. The minimum absolute atomic E-state index is 0.00181. The van der Waals surface area contributed by atoms with E-state index in [-0.39, 0.29) is 21.7 Å². The Bertz CT molecular complexity index is 611. The maximum Gasteiger partial charge on any atom is 0.288 e. The number of halogens is 1. The number of aryl methyl sites for hydroxylation is 1. The molecule has 0 saturated carbocycles. The van der Waals surface area contributed by atoms with Crippen LogP contribution in [0.2, 0.25) is 5.02 Å². The topological polar surface area (TPSA) is 84.3 Å². The van der Waals surface area contributed by atoms with Crippen LogP contribution < -0.4 is 10.6 Å². The minimum atomic E-state index is -0.575. The summed E-state index contributed by atoms with van der Waals surface area (Å²) in [5.74, 6) is -0.231. The summed E-state index contributed by atoms with van der Waals surface area (Å²) in [6.45, 7) is 6.97. The number of nitrogens with one attached hydrogen (secondary N) is 2. The molecule has 0 aromatic heterocycles. The fourth-order valence-electron chi connectivity index (χ4n) is 1.39. The molecule has 8 heteroatoms. The Hall–Kier alpha value is -1.73. The van der Waals surface area contributed by atoms with Crippen molar-refractivity contribution in [3.8, 4) is 0 Å². The van der Waals surface area contributed by atoms with E-state index < -0.39 is 10.3 Å². The van der Waals surface area contributed by atoms with Crippen LogP contribution in [0, 0.1) is 22.5 Å². The molecule has 0 radical (unpaired) electrons. The average Bonchev–Trinajstić information content (AvgIpc) is 2.31. The first-order valence-electron chi connectivity index (χ1n) is 6.09. The molecule has 0 aliphatic heterocycles. The molecule has 1 amide bonds. The second kappa shape index (κ2) is 6.36. The van der Waals surface area contributed by atoms with Crippen molar-refractivity contribution >= 4 is 46.2 Å². The van der Waals surface area contributed by atoms with E-state index in [1.54, 1.807) is 27.7 Å². The number of carbonyl (C=O) groups is 1. The lowest BCUT2D eigenvalue weighted by Crippen LogP contribution is -2.41. The van der Waals surface area contributed by atoms with Gasteiger partial charge in [-0.2, -0.15) is 0 Å². The summed E-state index contributed by atoms with van der Waals surface area (Å²) in [6, 6.07) is 2.75.